The number of alkyl halides is 1. The molecule has 1 heterocycles. The van der Waals surface area contributed by atoms with Crippen LogP contribution in [0.3, 0.4) is 0 Å². The molecule has 0 radical (unpaired) electrons. The normalized spacial score (nSPS) is 17.7. The molecule has 0 saturated heterocycles. The Morgan fingerprint density at radius 3 is 2.96 bits per heavy atom. The summed E-state index contributed by atoms with van der Waals surface area (Å²) < 4.78 is 18.1. The fourth-order valence-electron chi connectivity index (χ4n) is 3.72. The van der Waals surface area contributed by atoms with Gasteiger partial charge in [-0.1, -0.05) is 12.1 Å². The van der Waals surface area contributed by atoms with Crippen molar-refractivity contribution < 1.29 is 14.2 Å². The van der Waals surface area contributed by atoms with Crippen LogP contribution in [0.1, 0.15) is 22.7 Å². The van der Waals surface area contributed by atoms with E-state index in [1.54, 1.807) is 6.07 Å². The van der Waals surface area contributed by atoms with Crippen molar-refractivity contribution in [1.29, 1.82) is 0 Å². The van der Waals surface area contributed by atoms with Crippen molar-refractivity contribution in [2.45, 2.75) is 18.9 Å². The van der Waals surface area contributed by atoms with E-state index >= 15 is 0 Å². The molecule has 0 fully saturated rings. The molecule has 2 aromatic carbocycles. The average molecular weight is 336 g/mol. The lowest BCUT2D eigenvalue weighted by atomic mass is 9.77. The second-order valence-electron chi connectivity index (χ2n) is 5.85. The highest BCUT2D eigenvalue weighted by Gasteiger charge is 2.31. The fourth-order valence-corrected chi connectivity index (χ4v) is 3.72. The van der Waals surface area contributed by atoms with Gasteiger partial charge in [-0.2, -0.15) is 0 Å². The first-order valence-electron chi connectivity index (χ1n) is 7.68. The van der Waals surface area contributed by atoms with Gasteiger partial charge in [0.05, 0.1) is 0 Å². The highest BCUT2D eigenvalue weighted by molar-refractivity contribution is 5.85. The van der Waals surface area contributed by atoms with Crippen LogP contribution in [0.4, 0.5) is 4.39 Å². The Kier molecular flexibility index (Phi) is 4.46. The summed E-state index contributed by atoms with van der Waals surface area (Å²) in [6, 6.07) is 9.86. The lowest BCUT2D eigenvalue weighted by Gasteiger charge is -2.35. The maximum atomic E-state index is 12.5. The van der Waals surface area contributed by atoms with E-state index in [9.17, 15) is 9.50 Å². The Hall–Kier alpha value is -1.78. The predicted octanol–water partition coefficient (Wildman–Crippen LogP) is 3.57. The summed E-state index contributed by atoms with van der Waals surface area (Å²) in [6.45, 7) is 0.471. The molecule has 1 aliphatic carbocycles. The van der Waals surface area contributed by atoms with E-state index in [-0.39, 0.29) is 30.8 Å². The lowest BCUT2D eigenvalue weighted by Crippen LogP contribution is -2.33. The standard InChI is InChI=1S/C18H18FNO2.ClH/c19-5-7-22-16-3-1-2-11-9-15-17-12(4-6-20-15)8-13(21)10-14(17)18(11)16;/h1-3,8,10,15,20-21H,4-7,9H2;1H. The van der Waals surface area contributed by atoms with Crippen LogP contribution < -0.4 is 10.1 Å². The first-order chi connectivity index (χ1) is 10.8. The van der Waals surface area contributed by atoms with Crippen LogP contribution >= 0.6 is 12.4 Å². The molecule has 0 spiro atoms. The Labute approximate surface area is 140 Å². The molecule has 3 nitrogen and oxygen atoms in total. The maximum Gasteiger partial charge on any atom is 0.127 e. The predicted molar refractivity (Wildman–Crippen MR) is 90.4 cm³/mol. The van der Waals surface area contributed by atoms with Gasteiger partial charge in [0.15, 0.2) is 0 Å². The highest BCUT2D eigenvalue weighted by Crippen LogP contribution is 2.47. The van der Waals surface area contributed by atoms with Gasteiger partial charge in [-0.25, -0.2) is 4.39 Å². The zero-order chi connectivity index (χ0) is 15.1. The van der Waals surface area contributed by atoms with Crippen molar-refractivity contribution >= 4 is 12.4 Å². The number of fused-ring (bicyclic) bond motifs is 2. The van der Waals surface area contributed by atoms with Crippen LogP contribution in [0.25, 0.3) is 11.1 Å². The third-order valence-corrected chi connectivity index (χ3v) is 4.52. The van der Waals surface area contributed by atoms with Crippen LogP contribution in [-0.2, 0) is 12.8 Å². The number of aromatic hydroxyl groups is 1. The molecule has 1 atom stereocenters. The quantitative estimate of drug-likeness (QED) is 0.901. The number of ether oxygens (including phenoxy) is 1. The number of benzene rings is 2. The molecule has 1 aliphatic heterocycles. The van der Waals surface area contributed by atoms with Crippen LogP contribution in [0.15, 0.2) is 30.3 Å². The summed E-state index contributed by atoms with van der Waals surface area (Å²) >= 11 is 0. The van der Waals surface area contributed by atoms with Crippen molar-refractivity contribution in [3.8, 4) is 22.6 Å². The molecule has 2 N–H and O–H groups in total. The molecule has 1 unspecified atom stereocenters. The zero-order valence-corrected chi connectivity index (χ0v) is 13.5. The highest BCUT2D eigenvalue weighted by atomic mass is 35.5. The van der Waals surface area contributed by atoms with Crippen molar-refractivity contribution in [2.75, 3.05) is 19.8 Å². The lowest BCUT2D eigenvalue weighted by molar-refractivity contribution is 0.274. The molecule has 2 aromatic rings. The van der Waals surface area contributed by atoms with Crippen LogP contribution in [0.2, 0.25) is 0 Å². The van der Waals surface area contributed by atoms with Gasteiger partial charge in [-0.15, -0.1) is 12.4 Å². The van der Waals surface area contributed by atoms with Crippen LogP contribution in [0, 0.1) is 0 Å². The Balaban J connectivity index is 0.00000156. The monoisotopic (exact) mass is 335 g/mol. The summed E-state index contributed by atoms with van der Waals surface area (Å²) in [5, 5.41) is 13.6. The van der Waals surface area contributed by atoms with Crippen molar-refractivity contribution in [3.05, 3.63) is 47.0 Å². The topological polar surface area (TPSA) is 41.5 Å². The first kappa shape index (κ1) is 16.1. The van der Waals surface area contributed by atoms with E-state index in [2.05, 4.69) is 11.4 Å². The minimum Gasteiger partial charge on any atom is -0.508 e. The van der Waals surface area contributed by atoms with Crippen molar-refractivity contribution in [2.24, 2.45) is 0 Å². The maximum absolute atomic E-state index is 12.5. The third-order valence-electron chi connectivity index (χ3n) is 4.52. The molecule has 0 amide bonds. The molecule has 23 heavy (non-hydrogen) atoms. The van der Waals surface area contributed by atoms with Gasteiger partial charge in [-0.05, 0) is 59.8 Å². The second-order valence-corrected chi connectivity index (χ2v) is 5.85. The average Bonchev–Trinajstić information content (AvgIpc) is 2.52. The molecule has 2 aliphatic rings. The molecule has 0 aromatic heterocycles. The summed E-state index contributed by atoms with van der Waals surface area (Å²) in [5.41, 5.74) is 5.66. The van der Waals surface area contributed by atoms with E-state index in [4.69, 9.17) is 4.74 Å². The van der Waals surface area contributed by atoms with Gasteiger partial charge in [0.25, 0.3) is 0 Å². The number of nitrogens with one attached hydrogen (secondary N) is 1. The van der Waals surface area contributed by atoms with E-state index in [0.717, 1.165) is 30.5 Å². The summed E-state index contributed by atoms with van der Waals surface area (Å²) in [4.78, 5) is 0. The molecule has 4 rings (SSSR count). The van der Waals surface area contributed by atoms with E-state index in [0.29, 0.717) is 5.75 Å². The minimum absolute atomic E-state index is 0. The van der Waals surface area contributed by atoms with E-state index in [1.165, 1.54) is 16.7 Å². The largest absolute Gasteiger partial charge is 0.508 e. The number of hydrogen-bond donors (Lipinski definition) is 2. The summed E-state index contributed by atoms with van der Waals surface area (Å²) in [5.74, 6) is 0.981. The van der Waals surface area contributed by atoms with Gasteiger partial charge in [0.1, 0.15) is 24.8 Å². The summed E-state index contributed by atoms with van der Waals surface area (Å²) in [6.07, 6.45) is 1.81. The molecule has 122 valence electrons. The smallest absolute Gasteiger partial charge is 0.127 e. The van der Waals surface area contributed by atoms with Crippen molar-refractivity contribution in [3.63, 3.8) is 0 Å². The molecular formula is C18H19ClFNO2. The SMILES string of the molecule is Cl.Oc1cc2c3c(c1)-c1c(cccc1OCCF)CC3NCC2. The van der Waals surface area contributed by atoms with Gasteiger partial charge in [-0.3, -0.25) is 0 Å². The number of rotatable bonds is 3. The fraction of sp³-hybridized carbons (Fsp3) is 0.333. The number of hydrogen-bond acceptors (Lipinski definition) is 3. The van der Waals surface area contributed by atoms with E-state index in [1.807, 2.05) is 18.2 Å². The van der Waals surface area contributed by atoms with Crippen LogP contribution in [-0.4, -0.2) is 24.9 Å². The second kappa shape index (κ2) is 6.38. The Morgan fingerprint density at radius 1 is 1.26 bits per heavy atom. The molecule has 5 heteroatoms. The number of phenolic OH excluding ortho intramolecular Hbond substituents is 1. The molecule has 0 saturated carbocycles. The summed E-state index contributed by atoms with van der Waals surface area (Å²) in [7, 11) is 0. The zero-order valence-electron chi connectivity index (χ0n) is 12.6. The van der Waals surface area contributed by atoms with Gasteiger partial charge in [0.2, 0.25) is 0 Å². The Bertz CT molecular complexity index is 735. The van der Waals surface area contributed by atoms with Crippen molar-refractivity contribution in [1.82, 2.24) is 5.32 Å². The third kappa shape index (κ3) is 2.66. The number of phenols is 1. The van der Waals surface area contributed by atoms with Crippen LogP contribution in [0.5, 0.6) is 11.5 Å². The Morgan fingerprint density at radius 2 is 2.13 bits per heavy atom. The first-order valence-corrected chi connectivity index (χ1v) is 7.68. The minimum atomic E-state index is -0.508. The van der Waals surface area contributed by atoms with E-state index < -0.39 is 6.67 Å². The van der Waals surface area contributed by atoms with Gasteiger partial charge in [0, 0.05) is 11.6 Å². The molecule has 0 bridgehead atoms. The van der Waals surface area contributed by atoms with Gasteiger partial charge >= 0.3 is 0 Å². The molecular weight excluding hydrogens is 317 g/mol. The number of halogens is 2. The van der Waals surface area contributed by atoms with Gasteiger partial charge < -0.3 is 15.2 Å².